The summed E-state index contributed by atoms with van der Waals surface area (Å²) in [6.45, 7) is 7.78. The van der Waals surface area contributed by atoms with E-state index in [0.29, 0.717) is 11.9 Å². The van der Waals surface area contributed by atoms with Gasteiger partial charge in [0.25, 0.3) is 0 Å². The monoisotopic (exact) mass is 515 g/mol. The maximum absolute atomic E-state index is 10.7. The van der Waals surface area contributed by atoms with Crippen LogP contribution in [0.4, 0.5) is 0 Å². The van der Waals surface area contributed by atoms with Crippen molar-refractivity contribution < 1.29 is 9.84 Å². The Morgan fingerprint density at radius 2 is 2.00 bits per heavy atom. The van der Waals surface area contributed by atoms with E-state index in [1.807, 2.05) is 32.3 Å². The molecule has 3 N–H and O–H groups in total. The summed E-state index contributed by atoms with van der Waals surface area (Å²) in [6, 6.07) is 8.19. The van der Waals surface area contributed by atoms with Gasteiger partial charge in [-0.1, -0.05) is 19.1 Å². The lowest BCUT2D eigenvalue weighted by atomic mass is 9.98. The normalized spacial score (nSPS) is 14.5. The minimum absolute atomic E-state index is 0. The summed E-state index contributed by atoms with van der Waals surface area (Å²) in [5, 5.41) is 21.4. The molecule has 0 aliphatic heterocycles. The second kappa shape index (κ2) is 12.0. The van der Waals surface area contributed by atoms with Gasteiger partial charge >= 0.3 is 0 Å². The van der Waals surface area contributed by atoms with Gasteiger partial charge in [0, 0.05) is 31.9 Å². The van der Waals surface area contributed by atoms with Gasteiger partial charge in [-0.25, -0.2) is 4.99 Å². The Balaban J connectivity index is 0.00000420. The number of benzene rings is 1. The summed E-state index contributed by atoms with van der Waals surface area (Å²) in [5.74, 6) is 1.99. The molecule has 0 aliphatic rings. The fourth-order valence-electron chi connectivity index (χ4n) is 2.87. The summed E-state index contributed by atoms with van der Waals surface area (Å²) in [7, 11) is 3.51. The number of aryl methyl sites for hydroxylation is 1. The molecular formula is C21H34IN5O2. The quantitative estimate of drug-likeness (QED) is 0.272. The lowest BCUT2D eigenvalue weighted by molar-refractivity contribution is 0.0672. The number of hydrogen-bond donors (Lipinski definition) is 3. The van der Waals surface area contributed by atoms with E-state index in [1.165, 1.54) is 5.56 Å². The maximum Gasteiger partial charge on any atom is 0.191 e. The Kier molecular flexibility index (Phi) is 10.5. The number of aliphatic hydroxyl groups is 1. The first-order chi connectivity index (χ1) is 13.4. The smallest absolute Gasteiger partial charge is 0.191 e. The molecular weight excluding hydrogens is 481 g/mol. The molecule has 0 spiro atoms. The molecule has 162 valence electrons. The first-order valence-electron chi connectivity index (χ1n) is 9.73. The van der Waals surface area contributed by atoms with E-state index in [1.54, 1.807) is 24.9 Å². The molecule has 1 aromatic carbocycles. The average Bonchev–Trinajstić information content (AvgIpc) is 3.13. The van der Waals surface area contributed by atoms with E-state index in [9.17, 15) is 5.11 Å². The van der Waals surface area contributed by atoms with Crippen LogP contribution in [0.1, 0.15) is 44.2 Å². The number of aliphatic imine (C=N–C) groups is 1. The van der Waals surface area contributed by atoms with E-state index >= 15 is 0 Å². The van der Waals surface area contributed by atoms with Gasteiger partial charge in [0.05, 0.1) is 19.9 Å². The van der Waals surface area contributed by atoms with Gasteiger partial charge in [0.1, 0.15) is 11.4 Å². The molecule has 7 nitrogen and oxygen atoms in total. The fourth-order valence-corrected chi connectivity index (χ4v) is 2.87. The number of ether oxygens (including phenoxy) is 1. The van der Waals surface area contributed by atoms with Gasteiger partial charge in [-0.2, -0.15) is 5.10 Å². The summed E-state index contributed by atoms with van der Waals surface area (Å²) in [5.41, 5.74) is 0.972. The van der Waals surface area contributed by atoms with Crippen LogP contribution in [0, 0.1) is 0 Å². The molecule has 0 saturated carbocycles. The van der Waals surface area contributed by atoms with Crippen molar-refractivity contribution >= 4 is 29.9 Å². The Bertz CT molecular complexity index is 759. The highest BCUT2D eigenvalue weighted by Crippen LogP contribution is 2.22. The van der Waals surface area contributed by atoms with Gasteiger partial charge in [-0.05, 0) is 43.9 Å². The van der Waals surface area contributed by atoms with Gasteiger partial charge in [-0.15, -0.1) is 24.0 Å². The first kappa shape index (κ1) is 25.2. The van der Waals surface area contributed by atoms with Crippen LogP contribution >= 0.6 is 24.0 Å². The van der Waals surface area contributed by atoms with Crippen LogP contribution in [0.2, 0.25) is 0 Å². The number of hydrogen-bond acceptors (Lipinski definition) is 4. The SMILES string of the molecule is CCNC(=NCC(C)(O)c1cnn(C)c1)NCCC(C)c1ccc(OC)cc1.I. The molecule has 2 atom stereocenters. The summed E-state index contributed by atoms with van der Waals surface area (Å²) >= 11 is 0. The van der Waals surface area contributed by atoms with Crippen LogP contribution < -0.4 is 15.4 Å². The van der Waals surface area contributed by atoms with E-state index in [-0.39, 0.29) is 30.5 Å². The molecule has 0 fully saturated rings. The molecule has 0 amide bonds. The highest BCUT2D eigenvalue weighted by molar-refractivity contribution is 14.0. The van der Waals surface area contributed by atoms with Crippen LogP contribution in [0.5, 0.6) is 5.75 Å². The second-order valence-corrected chi connectivity index (χ2v) is 7.26. The van der Waals surface area contributed by atoms with Crippen LogP contribution in [-0.2, 0) is 12.6 Å². The summed E-state index contributed by atoms with van der Waals surface area (Å²) in [4.78, 5) is 4.55. The lowest BCUT2D eigenvalue weighted by Gasteiger charge is -2.21. The predicted octanol–water partition coefficient (Wildman–Crippen LogP) is 3.00. The number of nitrogens with zero attached hydrogens (tertiary/aromatic N) is 3. The molecule has 2 aromatic rings. The van der Waals surface area contributed by atoms with Crippen molar-refractivity contribution in [2.45, 2.75) is 38.7 Å². The Labute approximate surface area is 191 Å². The van der Waals surface area contributed by atoms with E-state index in [4.69, 9.17) is 4.74 Å². The summed E-state index contributed by atoms with van der Waals surface area (Å²) in [6.07, 6.45) is 4.45. The van der Waals surface area contributed by atoms with Crippen LogP contribution in [0.15, 0.2) is 41.7 Å². The van der Waals surface area contributed by atoms with Crippen molar-refractivity contribution in [3.63, 3.8) is 0 Å². The molecule has 2 rings (SSSR count). The number of guanidine groups is 1. The van der Waals surface area contributed by atoms with Crippen molar-refractivity contribution in [3.8, 4) is 5.75 Å². The zero-order chi connectivity index (χ0) is 20.6. The van der Waals surface area contributed by atoms with Crippen molar-refractivity contribution in [1.82, 2.24) is 20.4 Å². The average molecular weight is 515 g/mol. The van der Waals surface area contributed by atoms with E-state index in [2.05, 4.69) is 39.8 Å². The molecule has 0 aliphatic carbocycles. The minimum atomic E-state index is -1.06. The third kappa shape index (κ3) is 7.85. The molecule has 1 aromatic heterocycles. The first-order valence-corrected chi connectivity index (χ1v) is 9.73. The zero-order valence-electron chi connectivity index (χ0n) is 18.0. The third-order valence-corrected chi connectivity index (χ3v) is 4.77. The van der Waals surface area contributed by atoms with Crippen molar-refractivity contribution in [2.24, 2.45) is 12.0 Å². The van der Waals surface area contributed by atoms with Crippen molar-refractivity contribution in [3.05, 3.63) is 47.8 Å². The Morgan fingerprint density at radius 3 is 2.55 bits per heavy atom. The van der Waals surface area contributed by atoms with Gasteiger partial charge in [0.2, 0.25) is 0 Å². The van der Waals surface area contributed by atoms with E-state index < -0.39 is 5.60 Å². The lowest BCUT2D eigenvalue weighted by Crippen LogP contribution is -2.39. The van der Waals surface area contributed by atoms with E-state index in [0.717, 1.165) is 30.8 Å². The van der Waals surface area contributed by atoms with Crippen molar-refractivity contribution in [1.29, 1.82) is 0 Å². The number of methoxy groups -OCH3 is 1. The molecule has 0 bridgehead atoms. The molecule has 2 unspecified atom stereocenters. The maximum atomic E-state index is 10.7. The highest BCUT2D eigenvalue weighted by atomic mass is 127. The van der Waals surface area contributed by atoms with Crippen molar-refractivity contribution in [2.75, 3.05) is 26.7 Å². The topological polar surface area (TPSA) is 83.7 Å². The van der Waals surface area contributed by atoms with Crippen LogP contribution in [0.3, 0.4) is 0 Å². The summed E-state index contributed by atoms with van der Waals surface area (Å²) < 4.78 is 6.89. The van der Waals surface area contributed by atoms with Crippen LogP contribution in [0.25, 0.3) is 0 Å². The standard InChI is InChI=1S/C21H33N5O2.HI/c1-6-22-20(24-15-21(3,27)18-13-25-26(4)14-18)23-12-11-16(2)17-7-9-19(28-5)10-8-17;/h7-10,13-14,16,27H,6,11-12,15H2,1-5H3,(H2,22,23,24);1H. The van der Waals surface area contributed by atoms with Gasteiger partial charge < -0.3 is 20.5 Å². The Hall–Kier alpha value is -1.81. The predicted molar refractivity (Wildman–Crippen MR) is 128 cm³/mol. The second-order valence-electron chi connectivity index (χ2n) is 7.26. The number of aromatic nitrogens is 2. The molecule has 1 heterocycles. The Morgan fingerprint density at radius 1 is 1.31 bits per heavy atom. The molecule has 0 radical (unpaired) electrons. The number of nitrogens with one attached hydrogen (secondary N) is 2. The van der Waals surface area contributed by atoms with Gasteiger partial charge in [0.15, 0.2) is 5.96 Å². The molecule has 0 saturated heterocycles. The number of rotatable bonds is 9. The number of halogens is 1. The minimum Gasteiger partial charge on any atom is -0.497 e. The highest BCUT2D eigenvalue weighted by Gasteiger charge is 2.24. The zero-order valence-corrected chi connectivity index (χ0v) is 20.3. The fraction of sp³-hybridized carbons (Fsp3) is 0.524. The largest absolute Gasteiger partial charge is 0.497 e. The molecule has 8 heteroatoms. The molecule has 29 heavy (non-hydrogen) atoms. The third-order valence-electron chi connectivity index (χ3n) is 4.77. The van der Waals surface area contributed by atoms with Crippen LogP contribution in [-0.4, -0.2) is 47.6 Å². The van der Waals surface area contributed by atoms with Gasteiger partial charge in [-0.3, -0.25) is 4.68 Å².